The van der Waals surface area contributed by atoms with Gasteiger partial charge in [-0.15, -0.1) is 0 Å². The zero-order valence-electron chi connectivity index (χ0n) is 33.7. The molecule has 7 nitrogen and oxygen atoms in total. The van der Waals surface area contributed by atoms with Gasteiger partial charge >= 0.3 is 11.9 Å². The molecule has 7 heteroatoms. The first-order valence-electron chi connectivity index (χ1n) is 20.3. The Bertz CT molecular complexity index is 1560. The average Bonchev–Trinajstić information content (AvgIpc) is 3.48. The van der Waals surface area contributed by atoms with Gasteiger partial charge in [0.15, 0.2) is 0 Å². The Morgan fingerprint density at radius 1 is 0.885 bits per heavy atom. The molecule has 5 fully saturated rings. The summed E-state index contributed by atoms with van der Waals surface area (Å²) in [7, 11) is 1.68. The second-order valence-electron chi connectivity index (χ2n) is 19.9. The zero-order valence-corrected chi connectivity index (χ0v) is 33.7. The summed E-state index contributed by atoms with van der Waals surface area (Å²) in [4.78, 5) is 39.3. The number of ether oxygens (including phenoxy) is 2. The number of rotatable bonds is 10. The normalized spacial score (nSPS) is 39.2. The van der Waals surface area contributed by atoms with Gasteiger partial charge in [0.05, 0.1) is 24.4 Å². The van der Waals surface area contributed by atoms with E-state index < -0.39 is 17.4 Å². The van der Waals surface area contributed by atoms with Crippen molar-refractivity contribution < 1.29 is 29.0 Å². The molecule has 0 spiro atoms. The van der Waals surface area contributed by atoms with E-state index in [0.29, 0.717) is 36.1 Å². The molecular formula is C45H67NO6. The predicted molar refractivity (Wildman–Crippen MR) is 205 cm³/mol. The van der Waals surface area contributed by atoms with Crippen molar-refractivity contribution in [2.45, 2.75) is 139 Å². The number of hydrogen-bond donors (Lipinski definition) is 2. The Morgan fingerprint density at radius 3 is 2.21 bits per heavy atom. The van der Waals surface area contributed by atoms with E-state index in [0.717, 1.165) is 70.0 Å². The number of carboxylic acid groups (broad SMARTS) is 1. The standard InChI is InChI=1S/C45H67NO6/c1-28(2)31-17-23-45(38(48)46-26-20-29-11-13-30(51-10)14-12-29)25-24-43(8)32(37(31)45)15-16-34-42(7)21-19-35(52-36(47)27-40(3,4)39(49)50)41(5,6)33(42)18-22-44(34,43)9/h11-14,31-35,37H,1,15-27H2,2-10H3,(H,46,48)(H,49,50)/t31-,32+,33-,34+,35-,37+,42-,43+,44+,45-/m0/s1. The van der Waals surface area contributed by atoms with Gasteiger partial charge in [-0.25, -0.2) is 0 Å². The lowest BCUT2D eigenvalue weighted by molar-refractivity contribution is -0.249. The van der Waals surface area contributed by atoms with Gasteiger partial charge in [-0.1, -0.05) is 58.9 Å². The van der Waals surface area contributed by atoms with E-state index >= 15 is 0 Å². The van der Waals surface area contributed by atoms with Crippen molar-refractivity contribution in [3.63, 3.8) is 0 Å². The van der Waals surface area contributed by atoms with Gasteiger partial charge in [0.2, 0.25) is 5.91 Å². The smallest absolute Gasteiger partial charge is 0.309 e. The van der Waals surface area contributed by atoms with Crippen LogP contribution in [0.2, 0.25) is 0 Å². The van der Waals surface area contributed by atoms with E-state index in [-0.39, 0.29) is 45.5 Å². The van der Waals surface area contributed by atoms with Crippen LogP contribution < -0.4 is 10.1 Å². The minimum atomic E-state index is -1.15. The molecule has 1 aromatic carbocycles. The van der Waals surface area contributed by atoms with Crippen LogP contribution in [0.25, 0.3) is 0 Å². The zero-order chi connectivity index (χ0) is 38.1. The van der Waals surface area contributed by atoms with Crippen LogP contribution in [-0.2, 0) is 25.5 Å². The van der Waals surface area contributed by atoms with E-state index in [2.05, 4.69) is 65.6 Å². The number of aliphatic carboxylic acids is 1. The maximum absolute atomic E-state index is 14.5. The Kier molecular flexibility index (Phi) is 10.1. The average molecular weight is 718 g/mol. The van der Waals surface area contributed by atoms with Gasteiger partial charge < -0.3 is 19.9 Å². The summed E-state index contributed by atoms with van der Waals surface area (Å²) in [6, 6.07) is 8.14. The Morgan fingerprint density at radius 2 is 1.58 bits per heavy atom. The SMILES string of the molecule is C=C(C)[C@@H]1CC[C@]2(C(=O)NCCc3ccc(OC)cc3)CC[C@]3(C)[C@H](CC[C@@H]4[C@@]5(C)CC[C@H](OC(=O)CC(C)(C)C(=O)O)C(C)(C)[C@@H]5CC[C@]43C)[C@@H]12. The number of fused-ring (bicyclic) bond motifs is 7. The quantitative estimate of drug-likeness (QED) is 0.185. The molecule has 6 rings (SSSR count). The number of esters is 1. The van der Waals surface area contributed by atoms with Crippen LogP contribution in [0.4, 0.5) is 0 Å². The summed E-state index contributed by atoms with van der Waals surface area (Å²) in [6.07, 6.45) is 10.9. The van der Waals surface area contributed by atoms with Gasteiger partial charge in [-0.3, -0.25) is 14.4 Å². The van der Waals surface area contributed by atoms with E-state index in [9.17, 15) is 19.5 Å². The van der Waals surface area contributed by atoms with Crippen molar-refractivity contribution in [2.24, 2.45) is 62.1 Å². The second kappa shape index (κ2) is 13.5. The highest BCUT2D eigenvalue weighted by atomic mass is 16.5. The molecule has 5 aliphatic rings. The molecule has 0 bridgehead atoms. The number of nitrogens with one attached hydrogen (secondary N) is 1. The topological polar surface area (TPSA) is 102 Å². The molecule has 52 heavy (non-hydrogen) atoms. The number of amides is 1. The summed E-state index contributed by atoms with van der Waals surface area (Å²) in [5.41, 5.74) is 1.12. The highest BCUT2D eigenvalue weighted by Gasteiger charge is 2.72. The van der Waals surface area contributed by atoms with Crippen LogP contribution in [0.15, 0.2) is 36.4 Å². The van der Waals surface area contributed by atoms with E-state index in [1.54, 1.807) is 21.0 Å². The minimum Gasteiger partial charge on any atom is -0.497 e. The first kappa shape index (κ1) is 38.9. The third-order valence-electron chi connectivity index (χ3n) is 16.8. The Balaban J connectivity index is 1.22. The summed E-state index contributed by atoms with van der Waals surface area (Å²) >= 11 is 0. The van der Waals surface area contributed by atoms with Crippen molar-refractivity contribution in [3.8, 4) is 5.75 Å². The first-order valence-corrected chi connectivity index (χ1v) is 20.3. The van der Waals surface area contributed by atoms with Crippen LogP contribution in [0, 0.1) is 62.1 Å². The van der Waals surface area contributed by atoms with Crippen molar-refractivity contribution in [1.29, 1.82) is 0 Å². The maximum Gasteiger partial charge on any atom is 0.309 e. The van der Waals surface area contributed by atoms with Gasteiger partial charge in [0.25, 0.3) is 0 Å². The molecule has 2 N–H and O–H groups in total. The number of methoxy groups -OCH3 is 1. The van der Waals surface area contributed by atoms with E-state index in [4.69, 9.17) is 9.47 Å². The van der Waals surface area contributed by atoms with E-state index in [1.807, 2.05) is 12.1 Å². The maximum atomic E-state index is 14.5. The van der Waals surface area contributed by atoms with Crippen LogP contribution in [0.5, 0.6) is 5.75 Å². The fraction of sp³-hybridized carbons (Fsp3) is 0.756. The molecular weight excluding hydrogens is 650 g/mol. The molecule has 10 atom stereocenters. The van der Waals surface area contributed by atoms with Crippen molar-refractivity contribution in [1.82, 2.24) is 5.32 Å². The fourth-order valence-corrected chi connectivity index (χ4v) is 13.6. The summed E-state index contributed by atoms with van der Waals surface area (Å²) < 4.78 is 11.5. The molecule has 0 heterocycles. The molecule has 5 saturated carbocycles. The number of carbonyl (C=O) groups is 3. The fourth-order valence-electron chi connectivity index (χ4n) is 13.6. The molecule has 0 aliphatic heterocycles. The predicted octanol–water partition coefficient (Wildman–Crippen LogP) is 9.42. The molecule has 1 aromatic rings. The second-order valence-corrected chi connectivity index (χ2v) is 19.9. The Hall–Kier alpha value is -2.83. The third-order valence-corrected chi connectivity index (χ3v) is 16.8. The summed E-state index contributed by atoms with van der Waals surface area (Å²) in [5.74, 6) is 1.86. The lowest BCUT2D eigenvalue weighted by Crippen LogP contribution is -2.67. The van der Waals surface area contributed by atoms with Gasteiger partial charge in [0.1, 0.15) is 11.9 Å². The molecule has 0 radical (unpaired) electrons. The molecule has 0 saturated heterocycles. The monoisotopic (exact) mass is 717 g/mol. The van der Waals surface area contributed by atoms with Crippen LogP contribution in [-0.4, -0.2) is 42.7 Å². The van der Waals surface area contributed by atoms with Crippen LogP contribution >= 0.6 is 0 Å². The van der Waals surface area contributed by atoms with Gasteiger partial charge in [-0.05, 0) is 155 Å². The highest BCUT2D eigenvalue weighted by molar-refractivity contribution is 5.84. The molecule has 1 amide bonds. The van der Waals surface area contributed by atoms with E-state index in [1.165, 1.54) is 17.6 Å². The van der Waals surface area contributed by atoms with Gasteiger partial charge in [-0.2, -0.15) is 0 Å². The highest BCUT2D eigenvalue weighted by Crippen LogP contribution is 2.77. The molecule has 288 valence electrons. The summed E-state index contributed by atoms with van der Waals surface area (Å²) in [5, 5.41) is 13.1. The van der Waals surface area contributed by atoms with Crippen molar-refractivity contribution in [3.05, 3.63) is 42.0 Å². The number of allylic oxidation sites excluding steroid dienone is 1. The van der Waals surface area contributed by atoms with Crippen molar-refractivity contribution >= 4 is 17.8 Å². The Labute approximate surface area is 313 Å². The largest absolute Gasteiger partial charge is 0.497 e. The van der Waals surface area contributed by atoms with Crippen LogP contribution in [0.3, 0.4) is 0 Å². The summed E-state index contributed by atoms with van der Waals surface area (Å²) in [6.45, 7) is 22.9. The number of carboxylic acids is 1. The van der Waals surface area contributed by atoms with Crippen molar-refractivity contribution in [2.75, 3.05) is 13.7 Å². The van der Waals surface area contributed by atoms with Crippen LogP contribution in [0.1, 0.15) is 132 Å². The number of carbonyl (C=O) groups excluding carboxylic acids is 2. The lowest BCUT2D eigenvalue weighted by Gasteiger charge is -2.72. The number of hydrogen-bond acceptors (Lipinski definition) is 5. The number of benzene rings is 1. The molecule has 0 aromatic heterocycles. The minimum absolute atomic E-state index is 0.116. The third kappa shape index (κ3) is 6.03. The lowest BCUT2D eigenvalue weighted by atomic mass is 9.32. The van der Waals surface area contributed by atoms with Gasteiger partial charge in [0, 0.05) is 12.0 Å². The molecule has 5 aliphatic carbocycles. The first-order chi connectivity index (χ1) is 24.3. The molecule has 0 unspecified atom stereocenters.